The van der Waals surface area contributed by atoms with Gasteiger partial charge in [0, 0.05) is 28.5 Å². The van der Waals surface area contributed by atoms with E-state index in [1.165, 1.54) is 7.11 Å². The number of ether oxygens (including phenoxy) is 2. The number of halogens is 1. The van der Waals surface area contributed by atoms with Gasteiger partial charge in [-0.25, -0.2) is 4.79 Å². The van der Waals surface area contributed by atoms with E-state index in [1.54, 1.807) is 17.1 Å². The Hall–Kier alpha value is -3.06. The summed E-state index contributed by atoms with van der Waals surface area (Å²) in [5.74, 6) is -0.111. The number of aromatic nitrogens is 1. The van der Waals surface area contributed by atoms with Gasteiger partial charge in [-0.15, -0.1) is 0 Å². The van der Waals surface area contributed by atoms with Crippen LogP contribution < -0.4 is 0 Å². The first kappa shape index (κ1) is 20.7. The molecule has 1 aromatic heterocycles. The highest BCUT2D eigenvalue weighted by Gasteiger charge is 2.17. The lowest BCUT2D eigenvalue weighted by atomic mass is 10.2. The number of carbonyl (C=O) groups excluding carboxylic acids is 2. The van der Waals surface area contributed by atoms with Crippen molar-refractivity contribution in [2.75, 3.05) is 20.3 Å². The molecule has 0 radical (unpaired) electrons. The van der Waals surface area contributed by atoms with Crippen molar-refractivity contribution in [1.82, 2.24) is 9.88 Å². The van der Waals surface area contributed by atoms with E-state index in [-0.39, 0.29) is 12.5 Å². The standard InChI is InChI=1S/C22H21BrN2O4/c1-28-22(27)29-12-6-5-11-25(15-16-7-3-2-4-8-16)21(26)20-14-17-13-18(23)9-10-19(17)24-20/h2-10,13-14,24H,11-12,15H2,1H3/b6-5+. The van der Waals surface area contributed by atoms with Crippen LogP contribution in [-0.4, -0.2) is 42.2 Å². The average molecular weight is 457 g/mol. The number of methoxy groups -OCH3 is 1. The Morgan fingerprint density at radius 1 is 1.10 bits per heavy atom. The summed E-state index contributed by atoms with van der Waals surface area (Å²) in [6.07, 6.45) is 2.74. The number of benzene rings is 2. The molecule has 3 aromatic rings. The smallest absolute Gasteiger partial charge is 0.438 e. The van der Waals surface area contributed by atoms with Crippen LogP contribution in [0.4, 0.5) is 4.79 Å². The van der Waals surface area contributed by atoms with Gasteiger partial charge < -0.3 is 19.4 Å². The fourth-order valence-electron chi connectivity index (χ4n) is 2.86. The van der Waals surface area contributed by atoms with Crippen LogP contribution in [-0.2, 0) is 16.0 Å². The van der Waals surface area contributed by atoms with E-state index in [9.17, 15) is 9.59 Å². The Bertz CT molecular complexity index is 1010. The number of rotatable bonds is 7. The number of H-pyrrole nitrogens is 1. The summed E-state index contributed by atoms with van der Waals surface area (Å²) in [5, 5.41) is 0.962. The van der Waals surface area contributed by atoms with E-state index in [4.69, 9.17) is 4.74 Å². The highest BCUT2D eigenvalue weighted by Crippen LogP contribution is 2.21. The minimum Gasteiger partial charge on any atom is -0.438 e. The van der Waals surface area contributed by atoms with Crippen LogP contribution >= 0.6 is 15.9 Å². The van der Waals surface area contributed by atoms with E-state index in [0.29, 0.717) is 18.8 Å². The van der Waals surface area contributed by atoms with Crippen LogP contribution in [0.25, 0.3) is 10.9 Å². The highest BCUT2D eigenvalue weighted by atomic mass is 79.9. The largest absolute Gasteiger partial charge is 0.508 e. The molecule has 7 heteroatoms. The summed E-state index contributed by atoms with van der Waals surface area (Å²) in [4.78, 5) is 29.1. The second-order valence-electron chi connectivity index (χ2n) is 6.32. The molecule has 29 heavy (non-hydrogen) atoms. The molecular formula is C22H21BrN2O4. The molecule has 0 atom stereocenters. The molecule has 1 heterocycles. The number of hydrogen-bond acceptors (Lipinski definition) is 4. The van der Waals surface area contributed by atoms with E-state index in [0.717, 1.165) is 20.9 Å². The predicted molar refractivity (Wildman–Crippen MR) is 115 cm³/mol. The van der Waals surface area contributed by atoms with E-state index >= 15 is 0 Å². The van der Waals surface area contributed by atoms with Gasteiger partial charge in [-0.3, -0.25) is 4.79 Å². The van der Waals surface area contributed by atoms with Crippen molar-refractivity contribution in [3.05, 3.63) is 82.5 Å². The first-order valence-corrected chi connectivity index (χ1v) is 9.83. The summed E-state index contributed by atoms with van der Waals surface area (Å²) in [7, 11) is 1.26. The van der Waals surface area contributed by atoms with Crippen molar-refractivity contribution >= 4 is 38.9 Å². The van der Waals surface area contributed by atoms with Crippen LogP contribution in [0.5, 0.6) is 0 Å². The van der Waals surface area contributed by atoms with Crippen LogP contribution in [0.2, 0.25) is 0 Å². The lowest BCUT2D eigenvalue weighted by molar-refractivity contribution is 0.0751. The van der Waals surface area contributed by atoms with Crippen molar-refractivity contribution in [3.8, 4) is 0 Å². The fraction of sp³-hybridized carbons (Fsp3) is 0.182. The molecule has 2 aromatic carbocycles. The van der Waals surface area contributed by atoms with Gasteiger partial charge in [0.05, 0.1) is 7.11 Å². The summed E-state index contributed by atoms with van der Waals surface area (Å²) in [5.41, 5.74) is 2.45. The van der Waals surface area contributed by atoms with Gasteiger partial charge in [0.15, 0.2) is 0 Å². The maximum atomic E-state index is 13.2. The van der Waals surface area contributed by atoms with Gasteiger partial charge in [-0.05, 0) is 35.9 Å². The zero-order valence-electron chi connectivity index (χ0n) is 15.9. The molecule has 0 aliphatic rings. The van der Waals surface area contributed by atoms with E-state index < -0.39 is 6.16 Å². The summed E-state index contributed by atoms with van der Waals surface area (Å²) in [6, 6.07) is 17.5. The van der Waals surface area contributed by atoms with Crippen molar-refractivity contribution in [3.63, 3.8) is 0 Å². The van der Waals surface area contributed by atoms with Crippen LogP contribution in [0.1, 0.15) is 16.1 Å². The zero-order chi connectivity index (χ0) is 20.6. The molecule has 0 spiro atoms. The van der Waals surface area contributed by atoms with Gasteiger partial charge in [-0.2, -0.15) is 0 Å². The maximum Gasteiger partial charge on any atom is 0.508 e. The lowest BCUT2D eigenvalue weighted by Gasteiger charge is -2.21. The fourth-order valence-corrected chi connectivity index (χ4v) is 3.24. The molecule has 0 saturated carbocycles. The third-order valence-corrected chi connectivity index (χ3v) is 4.77. The zero-order valence-corrected chi connectivity index (χ0v) is 17.5. The Balaban J connectivity index is 1.76. The molecule has 1 N–H and O–H groups in total. The number of nitrogens with zero attached hydrogens (tertiary/aromatic N) is 1. The summed E-state index contributed by atoms with van der Waals surface area (Å²) in [6.45, 7) is 0.915. The van der Waals surface area contributed by atoms with E-state index in [2.05, 4.69) is 25.7 Å². The minimum atomic E-state index is -0.740. The number of amides is 1. The first-order valence-electron chi connectivity index (χ1n) is 9.04. The molecule has 3 rings (SSSR count). The molecule has 6 nitrogen and oxygen atoms in total. The lowest BCUT2D eigenvalue weighted by Crippen LogP contribution is -2.31. The number of nitrogens with one attached hydrogen (secondary N) is 1. The number of carbonyl (C=O) groups is 2. The van der Waals surface area contributed by atoms with Crippen molar-refractivity contribution in [2.24, 2.45) is 0 Å². The molecule has 0 fully saturated rings. The molecule has 0 aliphatic carbocycles. The first-order chi connectivity index (χ1) is 14.1. The Kier molecular flexibility index (Phi) is 7.08. The van der Waals surface area contributed by atoms with Crippen molar-refractivity contribution in [2.45, 2.75) is 6.54 Å². The minimum absolute atomic E-state index is 0.0838. The molecule has 0 aliphatic heterocycles. The van der Waals surface area contributed by atoms with Gasteiger partial charge in [0.25, 0.3) is 5.91 Å². The predicted octanol–water partition coefficient (Wildman–Crippen LogP) is 4.91. The third kappa shape index (κ3) is 5.71. The molecule has 0 unspecified atom stereocenters. The maximum absolute atomic E-state index is 13.2. The Morgan fingerprint density at radius 3 is 2.66 bits per heavy atom. The van der Waals surface area contributed by atoms with Gasteiger partial charge in [0.1, 0.15) is 12.3 Å². The monoisotopic (exact) mass is 456 g/mol. The number of fused-ring (bicyclic) bond motifs is 1. The van der Waals surface area contributed by atoms with Gasteiger partial charge in [0.2, 0.25) is 0 Å². The second kappa shape index (κ2) is 9.93. The summed E-state index contributed by atoms with van der Waals surface area (Å²) < 4.78 is 10.2. The Morgan fingerprint density at radius 2 is 1.90 bits per heavy atom. The highest BCUT2D eigenvalue weighted by molar-refractivity contribution is 9.10. The number of hydrogen-bond donors (Lipinski definition) is 1. The quantitative estimate of drug-likeness (QED) is 0.404. The van der Waals surface area contributed by atoms with Crippen LogP contribution in [0.3, 0.4) is 0 Å². The molecule has 1 amide bonds. The number of aromatic amines is 1. The molecule has 0 saturated heterocycles. The van der Waals surface area contributed by atoms with Crippen LogP contribution in [0, 0.1) is 0 Å². The van der Waals surface area contributed by atoms with Gasteiger partial charge in [-0.1, -0.05) is 52.3 Å². The van der Waals surface area contributed by atoms with Crippen LogP contribution in [0.15, 0.2) is 71.2 Å². The second-order valence-corrected chi connectivity index (χ2v) is 7.24. The van der Waals surface area contributed by atoms with Crippen molar-refractivity contribution in [1.29, 1.82) is 0 Å². The Labute approximate surface area is 177 Å². The third-order valence-electron chi connectivity index (χ3n) is 4.27. The molecule has 0 bridgehead atoms. The molecular weight excluding hydrogens is 436 g/mol. The normalized spacial score (nSPS) is 11.0. The average Bonchev–Trinajstić information content (AvgIpc) is 3.15. The SMILES string of the molecule is COC(=O)OC/C=C/CN(Cc1ccccc1)C(=O)c1cc2cc(Br)ccc2[nH]1. The van der Waals surface area contributed by atoms with Gasteiger partial charge >= 0.3 is 6.16 Å². The topological polar surface area (TPSA) is 71.6 Å². The molecule has 150 valence electrons. The summed E-state index contributed by atoms with van der Waals surface area (Å²) >= 11 is 3.45. The van der Waals surface area contributed by atoms with Crippen molar-refractivity contribution < 1.29 is 19.1 Å². The van der Waals surface area contributed by atoms with E-state index in [1.807, 2.05) is 54.6 Å².